The zero-order valence-electron chi connectivity index (χ0n) is 13.8. The van der Waals surface area contributed by atoms with Crippen LogP contribution in [0, 0.1) is 6.92 Å². The number of fused-ring (bicyclic) bond motifs is 1. The quantitative estimate of drug-likeness (QED) is 0.752. The van der Waals surface area contributed by atoms with Crippen LogP contribution in [0.2, 0.25) is 5.02 Å². The molecule has 1 unspecified atom stereocenters. The Kier molecular flexibility index (Phi) is 4.32. The van der Waals surface area contributed by atoms with Gasteiger partial charge in [0.1, 0.15) is 5.82 Å². The third kappa shape index (κ3) is 2.79. The molecule has 0 saturated heterocycles. The number of halogens is 1. The van der Waals surface area contributed by atoms with E-state index >= 15 is 0 Å². The molecule has 1 heterocycles. The zero-order valence-corrected chi connectivity index (χ0v) is 14.5. The van der Waals surface area contributed by atoms with Crippen LogP contribution in [0.15, 0.2) is 41.2 Å². The fraction of sp³-hybridized carbons (Fsp3) is 0.167. The monoisotopic (exact) mass is 356 g/mol. The van der Waals surface area contributed by atoms with Crippen LogP contribution < -0.4 is 17.0 Å². The van der Waals surface area contributed by atoms with E-state index in [1.165, 1.54) is 4.57 Å². The van der Waals surface area contributed by atoms with E-state index < -0.39 is 11.9 Å². The van der Waals surface area contributed by atoms with Crippen LogP contribution in [0.4, 0.5) is 0 Å². The van der Waals surface area contributed by atoms with Gasteiger partial charge in [0.25, 0.3) is 5.56 Å². The first kappa shape index (κ1) is 17.1. The number of amides is 1. The van der Waals surface area contributed by atoms with Crippen molar-refractivity contribution in [3.05, 3.63) is 68.7 Å². The third-order valence-corrected chi connectivity index (χ3v) is 4.41. The molecule has 2 aromatic carbocycles. The molecule has 3 rings (SSSR count). The predicted octanol–water partition coefficient (Wildman–Crippen LogP) is 2.47. The summed E-state index contributed by atoms with van der Waals surface area (Å²) in [6.07, 6.45) is 0. The lowest BCUT2D eigenvalue weighted by Gasteiger charge is -2.18. The van der Waals surface area contributed by atoms with Gasteiger partial charge < -0.3 is 11.5 Å². The van der Waals surface area contributed by atoms with Gasteiger partial charge in [0.2, 0.25) is 5.91 Å². The van der Waals surface area contributed by atoms with Crippen LogP contribution in [0.3, 0.4) is 0 Å². The summed E-state index contributed by atoms with van der Waals surface area (Å²) in [4.78, 5) is 29.3. The lowest BCUT2D eigenvalue weighted by Crippen LogP contribution is -2.28. The molecule has 0 spiro atoms. The average Bonchev–Trinajstić information content (AvgIpc) is 2.55. The summed E-state index contributed by atoms with van der Waals surface area (Å²) in [5.41, 5.74) is 13.0. The van der Waals surface area contributed by atoms with E-state index in [4.69, 9.17) is 23.1 Å². The van der Waals surface area contributed by atoms with E-state index in [9.17, 15) is 9.59 Å². The lowest BCUT2D eigenvalue weighted by atomic mass is 10.1. The Morgan fingerprint density at radius 3 is 2.56 bits per heavy atom. The van der Waals surface area contributed by atoms with Crippen molar-refractivity contribution >= 4 is 28.4 Å². The summed E-state index contributed by atoms with van der Waals surface area (Å²) in [5.74, 6) is -0.189. The van der Waals surface area contributed by atoms with Gasteiger partial charge in [0, 0.05) is 5.56 Å². The van der Waals surface area contributed by atoms with E-state index in [-0.39, 0.29) is 5.56 Å². The molecular formula is C18H17ClN4O2. The Balaban J connectivity index is 2.48. The van der Waals surface area contributed by atoms with Crippen LogP contribution in [-0.4, -0.2) is 15.5 Å². The summed E-state index contributed by atoms with van der Waals surface area (Å²) in [5, 5.41) is 0.612. The SMILES string of the molecule is Cc1c(C(N)=O)cccc1-n1c(C(C)N)nc2cccc(Cl)c2c1=O. The molecule has 3 aromatic rings. The number of aromatic nitrogens is 2. The second kappa shape index (κ2) is 6.31. The molecule has 0 aliphatic carbocycles. The van der Waals surface area contributed by atoms with Crippen LogP contribution in [0.1, 0.15) is 34.7 Å². The average molecular weight is 357 g/mol. The molecule has 25 heavy (non-hydrogen) atoms. The maximum absolute atomic E-state index is 13.2. The maximum Gasteiger partial charge on any atom is 0.267 e. The first-order valence-corrected chi connectivity index (χ1v) is 8.07. The number of carbonyl (C=O) groups is 1. The minimum Gasteiger partial charge on any atom is -0.366 e. The van der Waals surface area contributed by atoms with Crippen molar-refractivity contribution in [1.82, 2.24) is 9.55 Å². The van der Waals surface area contributed by atoms with E-state index in [0.29, 0.717) is 38.6 Å². The standard InChI is InChI=1S/C18H17ClN4O2/c1-9-11(16(21)24)5-3-8-14(9)23-17(10(2)20)22-13-7-4-6-12(19)15(13)18(23)25/h3-8,10H,20H2,1-2H3,(H2,21,24). The summed E-state index contributed by atoms with van der Waals surface area (Å²) >= 11 is 6.22. The van der Waals surface area contributed by atoms with Crippen molar-refractivity contribution in [3.8, 4) is 5.69 Å². The highest BCUT2D eigenvalue weighted by molar-refractivity contribution is 6.35. The topological polar surface area (TPSA) is 104 Å². The van der Waals surface area contributed by atoms with Crippen molar-refractivity contribution in [2.24, 2.45) is 11.5 Å². The van der Waals surface area contributed by atoms with Gasteiger partial charge in [-0.2, -0.15) is 0 Å². The molecule has 4 N–H and O–H groups in total. The number of carbonyl (C=O) groups excluding carboxylic acids is 1. The third-order valence-electron chi connectivity index (χ3n) is 4.09. The lowest BCUT2D eigenvalue weighted by molar-refractivity contribution is 0.0999. The molecule has 0 bridgehead atoms. The normalized spacial score (nSPS) is 12.3. The molecule has 1 atom stereocenters. The zero-order chi connectivity index (χ0) is 18.3. The number of hydrogen-bond acceptors (Lipinski definition) is 4. The Bertz CT molecular complexity index is 1060. The molecular weight excluding hydrogens is 340 g/mol. The first-order chi connectivity index (χ1) is 11.8. The van der Waals surface area contributed by atoms with Crippen LogP contribution >= 0.6 is 11.6 Å². The van der Waals surface area contributed by atoms with E-state index in [1.807, 2.05) is 0 Å². The molecule has 7 heteroatoms. The number of nitrogens with two attached hydrogens (primary N) is 2. The second-order valence-corrected chi connectivity index (χ2v) is 6.25. The number of nitrogens with zero attached hydrogens (tertiary/aromatic N) is 2. The Morgan fingerprint density at radius 2 is 1.92 bits per heavy atom. The van der Waals surface area contributed by atoms with Gasteiger partial charge in [0.05, 0.1) is 27.7 Å². The van der Waals surface area contributed by atoms with Crippen molar-refractivity contribution in [1.29, 1.82) is 0 Å². The van der Waals surface area contributed by atoms with Gasteiger partial charge in [-0.1, -0.05) is 23.7 Å². The summed E-state index contributed by atoms with van der Waals surface area (Å²) < 4.78 is 1.40. The van der Waals surface area contributed by atoms with Crippen molar-refractivity contribution in [2.45, 2.75) is 19.9 Å². The highest BCUT2D eigenvalue weighted by atomic mass is 35.5. The Morgan fingerprint density at radius 1 is 1.24 bits per heavy atom. The minimum atomic E-state index is -0.568. The van der Waals surface area contributed by atoms with Gasteiger partial charge in [-0.3, -0.25) is 14.2 Å². The highest BCUT2D eigenvalue weighted by Gasteiger charge is 2.20. The first-order valence-electron chi connectivity index (χ1n) is 7.69. The molecule has 0 aliphatic rings. The number of primary amides is 1. The smallest absolute Gasteiger partial charge is 0.267 e. The van der Waals surface area contributed by atoms with Gasteiger partial charge in [0.15, 0.2) is 0 Å². The van der Waals surface area contributed by atoms with Crippen LogP contribution in [-0.2, 0) is 0 Å². The Hall–Kier alpha value is -2.70. The fourth-order valence-corrected chi connectivity index (χ4v) is 3.13. The van der Waals surface area contributed by atoms with E-state index in [2.05, 4.69) is 4.98 Å². The largest absolute Gasteiger partial charge is 0.366 e. The van der Waals surface area contributed by atoms with Gasteiger partial charge in [-0.25, -0.2) is 4.98 Å². The van der Waals surface area contributed by atoms with E-state index in [1.54, 1.807) is 50.2 Å². The van der Waals surface area contributed by atoms with Crippen molar-refractivity contribution in [3.63, 3.8) is 0 Å². The van der Waals surface area contributed by atoms with Crippen LogP contribution in [0.5, 0.6) is 0 Å². The number of rotatable bonds is 3. The molecule has 0 aliphatic heterocycles. The summed E-state index contributed by atoms with van der Waals surface area (Å²) in [7, 11) is 0. The fourth-order valence-electron chi connectivity index (χ4n) is 2.88. The van der Waals surface area contributed by atoms with Crippen molar-refractivity contribution < 1.29 is 4.79 Å². The van der Waals surface area contributed by atoms with E-state index in [0.717, 1.165) is 0 Å². The minimum absolute atomic E-state index is 0.303. The highest BCUT2D eigenvalue weighted by Crippen LogP contribution is 2.24. The van der Waals surface area contributed by atoms with Gasteiger partial charge >= 0.3 is 0 Å². The van der Waals surface area contributed by atoms with Gasteiger partial charge in [-0.15, -0.1) is 0 Å². The predicted molar refractivity (Wildman–Crippen MR) is 98.2 cm³/mol. The summed E-state index contributed by atoms with van der Waals surface area (Å²) in [6.45, 7) is 3.46. The number of hydrogen-bond donors (Lipinski definition) is 2. The van der Waals surface area contributed by atoms with Crippen molar-refractivity contribution in [2.75, 3.05) is 0 Å². The van der Waals surface area contributed by atoms with Crippen LogP contribution in [0.25, 0.3) is 16.6 Å². The summed E-state index contributed by atoms with van der Waals surface area (Å²) in [6, 6.07) is 9.56. The molecule has 1 aromatic heterocycles. The molecule has 128 valence electrons. The second-order valence-electron chi connectivity index (χ2n) is 5.85. The molecule has 1 amide bonds. The molecule has 0 saturated carbocycles. The molecule has 0 radical (unpaired) electrons. The molecule has 0 fully saturated rings. The molecule has 6 nitrogen and oxygen atoms in total. The number of benzene rings is 2. The Labute approximate surface area is 149 Å². The maximum atomic E-state index is 13.2. The van der Waals surface area contributed by atoms with Gasteiger partial charge in [-0.05, 0) is 43.7 Å².